The molecule has 0 aliphatic carbocycles. The van der Waals surface area contributed by atoms with Gasteiger partial charge in [-0.3, -0.25) is 0 Å². The fourth-order valence-corrected chi connectivity index (χ4v) is 2.47. The van der Waals surface area contributed by atoms with Crippen LogP contribution in [0.4, 0.5) is 0 Å². The molecule has 0 aromatic rings. The molecule has 0 radical (unpaired) electrons. The lowest BCUT2D eigenvalue weighted by atomic mass is 10.3. The standard InChI is InChI=1S/C9H18N2O2S/c1-4-6-7-11(3)14(12,13)9(5-2)8-10/h9H,4-7H2,1-3H3. The Hall–Kier alpha value is -0.600. The van der Waals surface area contributed by atoms with Crippen LogP contribution in [0.1, 0.15) is 33.1 Å². The predicted molar refractivity (Wildman–Crippen MR) is 56.1 cm³/mol. The molecule has 0 aliphatic heterocycles. The second-order valence-electron chi connectivity index (χ2n) is 3.25. The van der Waals surface area contributed by atoms with Gasteiger partial charge in [-0.15, -0.1) is 0 Å². The number of hydrogen-bond acceptors (Lipinski definition) is 3. The lowest BCUT2D eigenvalue weighted by molar-refractivity contribution is 0.453. The lowest BCUT2D eigenvalue weighted by Gasteiger charge is -2.19. The molecule has 1 unspecified atom stereocenters. The fraction of sp³-hybridized carbons (Fsp3) is 0.889. The molecule has 0 aromatic carbocycles. The normalized spacial score (nSPS) is 13.9. The van der Waals surface area contributed by atoms with Gasteiger partial charge in [0.1, 0.15) is 0 Å². The van der Waals surface area contributed by atoms with Crippen molar-refractivity contribution in [1.29, 1.82) is 5.26 Å². The Morgan fingerprint density at radius 1 is 1.43 bits per heavy atom. The third kappa shape index (κ3) is 3.28. The Morgan fingerprint density at radius 3 is 2.36 bits per heavy atom. The summed E-state index contributed by atoms with van der Waals surface area (Å²) in [7, 11) is -1.87. The third-order valence-corrected chi connectivity index (χ3v) is 4.34. The van der Waals surface area contributed by atoms with E-state index in [1.54, 1.807) is 6.92 Å². The van der Waals surface area contributed by atoms with E-state index in [0.717, 1.165) is 12.8 Å². The highest BCUT2D eigenvalue weighted by Crippen LogP contribution is 2.10. The van der Waals surface area contributed by atoms with Crippen LogP contribution in [0.15, 0.2) is 0 Å². The SMILES string of the molecule is CCCCN(C)S(=O)(=O)C(C#N)CC. The van der Waals surface area contributed by atoms with Crippen molar-refractivity contribution in [2.75, 3.05) is 13.6 Å². The number of rotatable bonds is 6. The van der Waals surface area contributed by atoms with Crippen molar-refractivity contribution >= 4 is 10.0 Å². The van der Waals surface area contributed by atoms with Crippen LogP contribution >= 0.6 is 0 Å². The summed E-state index contributed by atoms with van der Waals surface area (Å²) < 4.78 is 24.7. The molecule has 0 fully saturated rings. The van der Waals surface area contributed by atoms with Gasteiger partial charge in [0.2, 0.25) is 10.0 Å². The van der Waals surface area contributed by atoms with Crippen LogP contribution in [0.25, 0.3) is 0 Å². The zero-order valence-corrected chi connectivity index (χ0v) is 9.84. The highest BCUT2D eigenvalue weighted by molar-refractivity contribution is 7.89. The van der Waals surface area contributed by atoms with Gasteiger partial charge in [0.05, 0.1) is 6.07 Å². The van der Waals surface area contributed by atoms with Crippen molar-refractivity contribution in [3.05, 3.63) is 0 Å². The molecule has 82 valence electrons. The lowest BCUT2D eigenvalue weighted by Crippen LogP contribution is -2.35. The third-order valence-electron chi connectivity index (χ3n) is 2.14. The molecular weight excluding hydrogens is 200 g/mol. The Morgan fingerprint density at radius 2 is 2.00 bits per heavy atom. The van der Waals surface area contributed by atoms with Crippen LogP contribution in [-0.4, -0.2) is 31.6 Å². The molecule has 0 saturated heterocycles. The average Bonchev–Trinajstić information content (AvgIpc) is 2.15. The van der Waals surface area contributed by atoms with Crippen molar-refractivity contribution in [3.8, 4) is 6.07 Å². The van der Waals surface area contributed by atoms with E-state index in [4.69, 9.17) is 5.26 Å². The molecule has 0 rings (SSSR count). The van der Waals surface area contributed by atoms with E-state index < -0.39 is 15.3 Å². The quantitative estimate of drug-likeness (QED) is 0.676. The smallest absolute Gasteiger partial charge is 0.211 e. The second-order valence-corrected chi connectivity index (χ2v) is 5.47. The summed E-state index contributed by atoms with van der Waals surface area (Å²) in [5, 5.41) is 7.78. The van der Waals surface area contributed by atoms with E-state index in [2.05, 4.69) is 0 Å². The van der Waals surface area contributed by atoms with Crippen LogP contribution in [0.3, 0.4) is 0 Å². The summed E-state index contributed by atoms with van der Waals surface area (Å²) in [6, 6.07) is 1.82. The highest BCUT2D eigenvalue weighted by Gasteiger charge is 2.27. The van der Waals surface area contributed by atoms with Gasteiger partial charge >= 0.3 is 0 Å². The summed E-state index contributed by atoms with van der Waals surface area (Å²) >= 11 is 0. The Bertz CT molecular complexity index is 292. The first-order valence-corrected chi connectivity index (χ1v) is 6.35. The maximum atomic E-state index is 11.7. The van der Waals surface area contributed by atoms with Crippen LogP contribution in [0.2, 0.25) is 0 Å². The molecular formula is C9H18N2O2S. The minimum Gasteiger partial charge on any atom is -0.211 e. The molecule has 0 bridgehead atoms. The van der Waals surface area contributed by atoms with E-state index in [1.807, 2.05) is 13.0 Å². The van der Waals surface area contributed by atoms with Gasteiger partial charge in [-0.05, 0) is 12.8 Å². The monoisotopic (exact) mass is 218 g/mol. The Labute approximate surface area is 86.6 Å². The first-order chi connectivity index (χ1) is 6.50. The molecule has 4 nitrogen and oxygen atoms in total. The molecule has 1 atom stereocenters. The van der Waals surface area contributed by atoms with Crippen LogP contribution < -0.4 is 0 Å². The molecule has 0 spiro atoms. The van der Waals surface area contributed by atoms with Gasteiger partial charge < -0.3 is 0 Å². The minimum absolute atomic E-state index is 0.343. The zero-order chi connectivity index (χ0) is 11.2. The molecule has 0 N–H and O–H groups in total. The van der Waals surface area contributed by atoms with Crippen molar-refractivity contribution in [3.63, 3.8) is 0 Å². The molecule has 0 aliphatic rings. The minimum atomic E-state index is -3.40. The van der Waals surface area contributed by atoms with Gasteiger partial charge in [-0.1, -0.05) is 20.3 Å². The van der Waals surface area contributed by atoms with E-state index in [-0.39, 0.29) is 0 Å². The fourth-order valence-electron chi connectivity index (χ4n) is 1.09. The van der Waals surface area contributed by atoms with Gasteiger partial charge in [0.15, 0.2) is 5.25 Å². The van der Waals surface area contributed by atoms with Gasteiger partial charge in [0.25, 0.3) is 0 Å². The Balaban J connectivity index is 4.53. The van der Waals surface area contributed by atoms with Gasteiger partial charge in [-0.25, -0.2) is 12.7 Å². The molecule has 0 saturated carbocycles. The van der Waals surface area contributed by atoms with Crippen LogP contribution in [0.5, 0.6) is 0 Å². The summed E-state index contributed by atoms with van der Waals surface area (Å²) in [5.41, 5.74) is 0. The second kappa shape index (κ2) is 5.99. The van der Waals surface area contributed by atoms with Crippen molar-refractivity contribution in [1.82, 2.24) is 4.31 Å². The summed E-state index contributed by atoms with van der Waals surface area (Å²) in [6.45, 7) is 4.21. The van der Waals surface area contributed by atoms with Gasteiger partial charge in [-0.2, -0.15) is 5.26 Å². The number of sulfonamides is 1. The first-order valence-electron chi connectivity index (χ1n) is 4.85. The number of nitrogens with zero attached hydrogens (tertiary/aromatic N) is 2. The highest BCUT2D eigenvalue weighted by atomic mass is 32.2. The van der Waals surface area contributed by atoms with Gasteiger partial charge in [0, 0.05) is 13.6 Å². The van der Waals surface area contributed by atoms with Crippen molar-refractivity contribution in [2.45, 2.75) is 38.4 Å². The van der Waals surface area contributed by atoms with Crippen molar-refractivity contribution < 1.29 is 8.42 Å². The zero-order valence-electron chi connectivity index (χ0n) is 9.02. The topological polar surface area (TPSA) is 61.2 Å². The van der Waals surface area contributed by atoms with Crippen LogP contribution in [-0.2, 0) is 10.0 Å². The van der Waals surface area contributed by atoms with Crippen molar-refractivity contribution in [2.24, 2.45) is 0 Å². The van der Waals surface area contributed by atoms with E-state index in [9.17, 15) is 8.42 Å². The summed E-state index contributed by atoms with van der Waals surface area (Å²) in [4.78, 5) is 0. The largest absolute Gasteiger partial charge is 0.230 e. The summed E-state index contributed by atoms with van der Waals surface area (Å²) in [6.07, 6.45) is 2.12. The maximum absolute atomic E-state index is 11.7. The van der Waals surface area contributed by atoms with Crippen LogP contribution in [0, 0.1) is 11.3 Å². The molecule has 0 aromatic heterocycles. The number of unbranched alkanes of at least 4 members (excludes halogenated alkanes) is 1. The number of hydrogen-bond donors (Lipinski definition) is 0. The average molecular weight is 218 g/mol. The summed E-state index contributed by atoms with van der Waals surface area (Å²) in [5.74, 6) is 0. The molecule has 0 amide bonds. The molecule has 5 heteroatoms. The maximum Gasteiger partial charge on any atom is 0.230 e. The Kier molecular flexibility index (Phi) is 5.73. The predicted octanol–water partition coefficient (Wildman–Crippen LogP) is 1.35. The van der Waals surface area contributed by atoms with E-state index in [1.165, 1.54) is 11.4 Å². The van der Waals surface area contributed by atoms with E-state index >= 15 is 0 Å². The molecule has 0 heterocycles. The first kappa shape index (κ1) is 13.4. The molecule has 14 heavy (non-hydrogen) atoms. The number of nitriles is 1. The van der Waals surface area contributed by atoms with E-state index in [0.29, 0.717) is 13.0 Å².